The molecule has 0 saturated carbocycles. The van der Waals surface area contributed by atoms with Gasteiger partial charge in [-0.1, -0.05) is 23.7 Å². The van der Waals surface area contributed by atoms with Crippen molar-refractivity contribution in [3.8, 4) is 11.3 Å². The number of nitrogens with one attached hydrogen (secondary N) is 1. The van der Waals surface area contributed by atoms with E-state index in [2.05, 4.69) is 10.2 Å². The molecule has 7 nitrogen and oxygen atoms in total. The Morgan fingerprint density at radius 1 is 1.35 bits per heavy atom. The third kappa shape index (κ3) is 3.06. The van der Waals surface area contributed by atoms with Gasteiger partial charge in [0, 0.05) is 24.4 Å². The van der Waals surface area contributed by atoms with Gasteiger partial charge < -0.3 is 10.3 Å². The summed E-state index contributed by atoms with van der Waals surface area (Å²) in [7, 11) is 1.81. The smallest absolute Gasteiger partial charge is 0.304 e. The van der Waals surface area contributed by atoms with Gasteiger partial charge in [0.05, 0.1) is 25.4 Å². The van der Waals surface area contributed by atoms with Crippen molar-refractivity contribution in [2.24, 2.45) is 7.05 Å². The summed E-state index contributed by atoms with van der Waals surface area (Å²) in [5.74, 6) is -1.06. The lowest BCUT2D eigenvalue weighted by atomic mass is 9.92. The zero-order valence-electron chi connectivity index (χ0n) is 14.7. The van der Waals surface area contributed by atoms with Crippen molar-refractivity contribution in [3.63, 3.8) is 0 Å². The van der Waals surface area contributed by atoms with E-state index in [9.17, 15) is 15.1 Å². The van der Waals surface area contributed by atoms with Crippen molar-refractivity contribution in [1.29, 1.82) is 0 Å². The number of hydrogen-bond donors (Lipinski definition) is 3. The third-order valence-corrected chi connectivity index (χ3v) is 5.02. The van der Waals surface area contributed by atoms with Gasteiger partial charge in [-0.3, -0.25) is 9.89 Å². The summed E-state index contributed by atoms with van der Waals surface area (Å²) in [6.45, 7) is 3.66. The predicted molar refractivity (Wildman–Crippen MR) is 95.4 cm³/mol. The molecule has 0 aliphatic carbocycles. The van der Waals surface area contributed by atoms with Crippen LogP contribution in [0.4, 0.5) is 0 Å². The molecular formula is C18H20ClN4O3+. The highest BCUT2D eigenvalue weighted by Crippen LogP contribution is 2.34. The first-order chi connectivity index (χ1) is 12.3. The SMILES string of the molecule is Cc1c(C)[n+](C)c([C@@H](CC(=O)O)c2cn[nH]c2-c2ccc(Cl)cc2)n1O. The van der Waals surface area contributed by atoms with E-state index in [1.165, 1.54) is 0 Å². The van der Waals surface area contributed by atoms with Crippen LogP contribution in [0.1, 0.15) is 35.1 Å². The molecule has 0 amide bonds. The fraction of sp³-hybridized carbons (Fsp3) is 0.278. The number of benzene rings is 1. The van der Waals surface area contributed by atoms with E-state index < -0.39 is 11.9 Å². The molecule has 8 heteroatoms. The van der Waals surface area contributed by atoms with Crippen LogP contribution in [-0.4, -0.2) is 31.2 Å². The van der Waals surface area contributed by atoms with Gasteiger partial charge in [0.25, 0.3) is 0 Å². The number of aromatic nitrogens is 4. The molecule has 0 fully saturated rings. The number of H-pyrrole nitrogens is 1. The van der Waals surface area contributed by atoms with Crippen molar-refractivity contribution in [1.82, 2.24) is 14.9 Å². The second-order valence-electron chi connectivity index (χ2n) is 6.26. The molecule has 1 aromatic carbocycles. The lowest BCUT2D eigenvalue weighted by Gasteiger charge is -2.12. The van der Waals surface area contributed by atoms with E-state index >= 15 is 0 Å². The highest BCUT2D eigenvalue weighted by Gasteiger charge is 2.36. The van der Waals surface area contributed by atoms with Crippen LogP contribution < -0.4 is 4.57 Å². The molecule has 0 spiro atoms. The monoisotopic (exact) mass is 375 g/mol. The molecule has 0 aliphatic rings. The quantitative estimate of drug-likeness (QED) is 0.472. The zero-order chi connectivity index (χ0) is 19.0. The highest BCUT2D eigenvalue weighted by atomic mass is 35.5. The Bertz CT molecular complexity index is 934. The Kier molecular flexibility index (Phi) is 4.73. The maximum atomic E-state index is 11.5. The molecular weight excluding hydrogens is 356 g/mol. The fourth-order valence-electron chi connectivity index (χ4n) is 3.19. The average molecular weight is 376 g/mol. The molecule has 136 valence electrons. The average Bonchev–Trinajstić information content (AvgIpc) is 3.15. The summed E-state index contributed by atoms with van der Waals surface area (Å²) >= 11 is 5.96. The van der Waals surface area contributed by atoms with Gasteiger partial charge in [0.2, 0.25) is 0 Å². The Hall–Kier alpha value is -2.80. The van der Waals surface area contributed by atoms with Crippen LogP contribution in [0.15, 0.2) is 30.5 Å². The summed E-state index contributed by atoms with van der Waals surface area (Å²) in [5, 5.41) is 27.6. The summed E-state index contributed by atoms with van der Waals surface area (Å²) in [4.78, 5) is 11.5. The Labute approximate surface area is 155 Å². The number of carboxylic acids is 1. The third-order valence-electron chi connectivity index (χ3n) is 4.77. The minimum atomic E-state index is -0.963. The first kappa shape index (κ1) is 18.0. The molecule has 3 rings (SSSR count). The molecule has 26 heavy (non-hydrogen) atoms. The van der Waals surface area contributed by atoms with Gasteiger partial charge >= 0.3 is 11.8 Å². The lowest BCUT2D eigenvalue weighted by molar-refractivity contribution is -0.686. The lowest BCUT2D eigenvalue weighted by Crippen LogP contribution is -2.37. The Balaban J connectivity index is 2.17. The van der Waals surface area contributed by atoms with Gasteiger partial charge in [-0.25, -0.2) is 4.57 Å². The number of nitrogens with zero attached hydrogens (tertiary/aromatic N) is 3. The number of imidazole rings is 1. The number of rotatable bonds is 5. The van der Waals surface area contributed by atoms with Gasteiger partial charge in [0.15, 0.2) is 5.69 Å². The van der Waals surface area contributed by atoms with Gasteiger partial charge in [-0.2, -0.15) is 5.10 Å². The molecule has 0 bridgehead atoms. The topological polar surface area (TPSA) is 95.0 Å². The van der Waals surface area contributed by atoms with Gasteiger partial charge in [-0.05, 0) is 22.4 Å². The number of carbonyl (C=O) groups is 1. The molecule has 0 radical (unpaired) electrons. The molecule has 1 atom stereocenters. The summed E-state index contributed by atoms with van der Waals surface area (Å²) in [5.41, 5.74) is 3.75. The van der Waals surface area contributed by atoms with Crippen LogP contribution in [-0.2, 0) is 11.8 Å². The van der Waals surface area contributed by atoms with Gasteiger partial charge in [0.1, 0.15) is 11.6 Å². The van der Waals surface area contributed by atoms with E-state index in [0.717, 1.165) is 16.0 Å². The maximum absolute atomic E-state index is 11.5. The van der Waals surface area contributed by atoms with Gasteiger partial charge in [-0.15, -0.1) is 0 Å². The predicted octanol–water partition coefficient (Wildman–Crippen LogP) is 2.82. The van der Waals surface area contributed by atoms with Crippen LogP contribution in [0.5, 0.6) is 0 Å². The molecule has 0 unspecified atom stereocenters. The minimum Gasteiger partial charge on any atom is -0.481 e. The number of carboxylic acid groups (broad SMARTS) is 1. The minimum absolute atomic E-state index is 0.183. The van der Waals surface area contributed by atoms with Crippen molar-refractivity contribution < 1.29 is 19.7 Å². The van der Waals surface area contributed by atoms with Crippen LogP contribution in [0.3, 0.4) is 0 Å². The number of aliphatic carboxylic acids is 1. The molecule has 0 saturated heterocycles. The second-order valence-corrected chi connectivity index (χ2v) is 6.69. The van der Waals surface area contributed by atoms with Crippen molar-refractivity contribution in [2.75, 3.05) is 0 Å². The first-order valence-electron chi connectivity index (χ1n) is 8.09. The van der Waals surface area contributed by atoms with Crippen LogP contribution >= 0.6 is 11.6 Å². The second kappa shape index (κ2) is 6.84. The summed E-state index contributed by atoms with van der Waals surface area (Å²) < 4.78 is 2.86. The summed E-state index contributed by atoms with van der Waals surface area (Å²) in [6, 6.07) is 7.20. The molecule has 3 aromatic rings. The number of aromatic amines is 1. The molecule has 3 N–H and O–H groups in total. The summed E-state index contributed by atoms with van der Waals surface area (Å²) in [6.07, 6.45) is 1.42. The standard InChI is InChI=1S/C18H19ClN4O3/c1-10-11(2)23(26)18(22(10)3)14(8-16(24)25)15-9-20-21-17(15)12-4-6-13(19)7-5-12/h4-7,9,14H,8H2,1-3H3,(H2-,20,21,24,25,26)/p+1/t14-/m0/s1. The van der Waals surface area contributed by atoms with E-state index in [1.807, 2.05) is 23.6 Å². The van der Waals surface area contributed by atoms with Crippen molar-refractivity contribution in [3.05, 3.63) is 58.3 Å². The Morgan fingerprint density at radius 2 is 2.00 bits per heavy atom. The number of hydrogen-bond acceptors (Lipinski definition) is 3. The highest BCUT2D eigenvalue weighted by molar-refractivity contribution is 6.30. The first-order valence-corrected chi connectivity index (χ1v) is 8.47. The molecule has 2 heterocycles. The van der Waals surface area contributed by atoms with Crippen LogP contribution in [0.25, 0.3) is 11.3 Å². The zero-order valence-corrected chi connectivity index (χ0v) is 15.4. The maximum Gasteiger partial charge on any atom is 0.304 e. The molecule has 0 aliphatic heterocycles. The fourth-order valence-corrected chi connectivity index (χ4v) is 3.31. The van der Waals surface area contributed by atoms with E-state index in [4.69, 9.17) is 11.6 Å². The van der Waals surface area contributed by atoms with E-state index in [-0.39, 0.29) is 6.42 Å². The van der Waals surface area contributed by atoms with Crippen LogP contribution in [0.2, 0.25) is 5.02 Å². The van der Waals surface area contributed by atoms with Crippen molar-refractivity contribution >= 4 is 17.6 Å². The van der Waals surface area contributed by atoms with E-state index in [1.54, 1.807) is 32.3 Å². The van der Waals surface area contributed by atoms with Crippen LogP contribution in [0, 0.1) is 13.8 Å². The largest absolute Gasteiger partial charge is 0.481 e. The Morgan fingerprint density at radius 3 is 2.54 bits per heavy atom. The molecule has 2 aromatic heterocycles. The normalized spacial score (nSPS) is 12.3. The van der Waals surface area contributed by atoms with E-state index in [0.29, 0.717) is 27.8 Å². The number of halogens is 1. The van der Waals surface area contributed by atoms with Crippen molar-refractivity contribution in [2.45, 2.75) is 26.2 Å².